The van der Waals surface area contributed by atoms with Gasteiger partial charge in [-0.2, -0.15) is 0 Å². The molecule has 0 aromatic heterocycles. The summed E-state index contributed by atoms with van der Waals surface area (Å²) in [7, 11) is 0. The summed E-state index contributed by atoms with van der Waals surface area (Å²) in [6.45, 7) is 7.03. The predicted octanol–water partition coefficient (Wildman–Crippen LogP) is 3.19. The molecule has 4 rings (SSSR count). The molecule has 2 heterocycles. The van der Waals surface area contributed by atoms with Crippen molar-refractivity contribution in [2.24, 2.45) is 0 Å². The van der Waals surface area contributed by atoms with Gasteiger partial charge in [-0.3, -0.25) is 9.69 Å². The summed E-state index contributed by atoms with van der Waals surface area (Å²) in [5.41, 5.74) is 2.25. The van der Waals surface area contributed by atoms with Crippen LogP contribution in [0.4, 0.5) is 16.2 Å². The Balaban J connectivity index is 1.35. The van der Waals surface area contributed by atoms with Crippen molar-refractivity contribution in [2.45, 2.75) is 57.4 Å². The highest BCUT2D eigenvalue weighted by Gasteiger charge is 2.21. The lowest BCUT2D eigenvalue weighted by atomic mass is 9.96. The van der Waals surface area contributed by atoms with E-state index < -0.39 is 0 Å². The normalized spacial score (nSPS) is 19.9. The molecule has 0 bridgehead atoms. The molecule has 3 N–H and O–H groups in total. The van der Waals surface area contributed by atoms with E-state index >= 15 is 0 Å². The average Bonchev–Trinajstić information content (AvgIpc) is 3.38. The van der Waals surface area contributed by atoms with E-state index in [1.165, 1.54) is 19.3 Å². The lowest BCUT2D eigenvalue weighted by molar-refractivity contribution is 0.0374. The van der Waals surface area contributed by atoms with E-state index in [2.05, 4.69) is 25.8 Å². The van der Waals surface area contributed by atoms with Crippen LogP contribution in [0, 0.1) is 0 Å². The monoisotopic (exact) mass is 457 g/mol. The zero-order valence-corrected chi connectivity index (χ0v) is 19.7. The highest BCUT2D eigenvalue weighted by molar-refractivity contribution is 6.02. The Kier molecular flexibility index (Phi) is 8.83. The lowest BCUT2D eigenvalue weighted by Crippen LogP contribution is -2.39. The maximum atomic E-state index is 13.1. The van der Waals surface area contributed by atoms with Gasteiger partial charge in [0.2, 0.25) is 0 Å². The van der Waals surface area contributed by atoms with Crippen molar-refractivity contribution >= 4 is 23.3 Å². The number of benzene rings is 1. The summed E-state index contributed by atoms with van der Waals surface area (Å²) in [6, 6.07) is 5.77. The van der Waals surface area contributed by atoms with Crippen LogP contribution in [0.1, 0.15) is 61.7 Å². The van der Waals surface area contributed by atoms with Gasteiger partial charge in [-0.25, -0.2) is 4.79 Å². The first kappa shape index (κ1) is 23.8. The van der Waals surface area contributed by atoms with Crippen LogP contribution in [0.15, 0.2) is 18.2 Å². The molecule has 1 saturated carbocycles. The second-order valence-electron chi connectivity index (χ2n) is 9.42. The van der Waals surface area contributed by atoms with Crippen LogP contribution in [0.25, 0.3) is 0 Å². The third-order valence-corrected chi connectivity index (χ3v) is 6.93. The number of hydrogen-bond donors (Lipinski definition) is 3. The van der Waals surface area contributed by atoms with Crippen molar-refractivity contribution < 1.29 is 14.3 Å². The molecule has 33 heavy (non-hydrogen) atoms. The lowest BCUT2D eigenvalue weighted by Gasteiger charge is -2.26. The van der Waals surface area contributed by atoms with E-state index in [0.29, 0.717) is 17.8 Å². The largest absolute Gasteiger partial charge is 0.379 e. The molecule has 2 saturated heterocycles. The molecule has 0 spiro atoms. The molecule has 3 amide bonds. The minimum atomic E-state index is -0.187. The highest BCUT2D eigenvalue weighted by Crippen LogP contribution is 2.28. The van der Waals surface area contributed by atoms with Crippen LogP contribution < -0.4 is 20.9 Å². The van der Waals surface area contributed by atoms with Crippen molar-refractivity contribution in [3.8, 4) is 0 Å². The standard InChI is InChI=1S/C25H39N5O3/c31-24(26-11-6-12-29-15-17-33-18-16-29)22-19-21(9-10-23(22)30-13-4-5-14-30)28-25(32)27-20-7-2-1-3-8-20/h9-10,19-20H,1-8,11-18H2,(H,26,31)(H2,27,28,32). The summed E-state index contributed by atoms with van der Waals surface area (Å²) < 4.78 is 5.39. The zero-order chi connectivity index (χ0) is 22.9. The van der Waals surface area contributed by atoms with Crippen LogP contribution in [0.3, 0.4) is 0 Å². The van der Waals surface area contributed by atoms with Gasteiger partial charge in [-0.15, -0.1) is 0 Å². The number of urea groups is 1. The van der Waals surface area contributed by atoms with Crippen molar-refractivity contribution in [1.29, 1.82) is 0 Å². The first-order valence-corrected chi connectivity index (χ1v) is 12.7. The minimum absolute atomic E-state index is 0.0739. The molecule has 182 valence electrons. The molecule has 8 heteroatoms. The van der Waals surface area contributed by atoms with E-state index in [-0.39, 0.29) is 18.0 Å². The quantitative estimate of drug-likeness (QED) is 0.522. The Labute approximate surface area is 197 Å². The van der Waals surface area contributed by atoms with Gasteiger partial charge in [0.1, 0.15) is 0 Å². The number of morpholine rings is 1. The van der Waals surface area contributed by atoms with Gasteiger partial charge in [0, 0.05) is 50.1 Å². The van der Waals surface area contributed by atoms with Crippen molar-refractivity contribution in [1.82, 2.24) is 15.5 Å². The molecule has 0 radical (unpaired) electrons. The highest BCUT2D eigenvalue weighted by atomic mass is 16.5. The van der Waals surface area contributed by atoms with Crippen LogP contribution >= 0.6 is 0 Å². The number of hydrogen-bond acceptors (Lipinski definition) is 5. The van der Waals surface area contributed by atoms with Gasteiger partial charge in [0.25, 0.3) is 5.91 Å². The van der Waals surface area contributed by atoms with Crippen LogP contribution in [0.2, 0.25) is 0 Å². The molecule has 0 unspecified atom stereocenters. The van der Waals surface area contributed by atoms with Crippen LogP contribution in [-0.4, -0.2) is 75.4 Å². The van der Waals surface area contributed by atoms with Gasteiger partial charge in [0.15, 0.2) is 0 Å². The van der Waals surface area contributed by atoms with Gasteiger partial charge < -0.3 is 25.6 Å². The third-order valence-electron chi connectivity index (χ3n) is 6.93. The van der Waals surface area contributed by atoms with Crippen molar-refractivity contribution in [2.75, 3.05) is 62.7 Å². The van der Waals surface area contributed by atoms with Gasteiger partial charge in [-0.05, 0) is 56.8 Å². The Morgan fingerprint density at radius 2 is 1.73 bits per heavy atom. The molecule has 0 atom stereocenters. The maximum absolute atomic E-state index is 13.1. The van der Waals surface area contributed by atoms with E-state index in [0.717, 1.165) is 83.7 Å². The molecule has 1 aromatic carbocycles. The van der Waals surface area contributed by atoms with E-state index in [1.807, 2.05) is 18.2 Å². The molecular weight excluding hydrogens is 418 g/mol. The van der Waals surface area contributed by atoms with Gasteiger partial charge >= 0.3 is 6.03 Å². The first-order valence-electron chi connectivity index (χ1n) is 12.7. The Bertz CT molecular complexity index is 784. The summed E-state index contributed by atoms with van der Waals surface area (Å²) in [4.78, 5) is 30.3. The van der Waals surface area contributed by atoms with Crippen molar-refractivity contribution in [3.05, 3.63) is 23.8 Å². The fourth-order valence-electron chi connectivity index (χ4n) is 5.05. The number of carbonyl (C=O) groups is 2. The molecular formula is C25H39N5O3. The summed E-state index contributed by atoms with van der Waals surface area (Å²) in [5.74, 6) is -0.0739. The zero-order valence-electron chi connectivity index (χ0n) is 19.7. The maximum Gasteiger partial charge on any atom is 0.319 e. The molecule has 8 nitrogen and oxygen atoms in total. The summed E-state index contributed by atoms with van der Waals surface area (Å²) >= 11 is 0. The van der Waals surface area contributed by atoms with E-state index in [1.54, 1.807) is 0 Å². The number of rotatable bonds is 8. The molecule has 1 aliphatic carbocycles. The second-order valence-corrected chi connectivity index (χ2v) is 9.42. The topological polar surface area (TPSA) is 85.9 Å². The fourth-order valence-corrected chi connectivity index (χ4v) is 5.05. The number of nitrogens with one attached hydrogen (secondary N) is 3. The number of carbonyl (C=O) groups excluding carboxylic acids is 2. The summed E-state index contributed by atoms with van der Waals surface area (Å²) in [6.07, 6.45) is 8.87. The van der Waals surface area contributed by atoms with E-state index in [4.69, 9.17) is 4.74 Å². The Hall–Kier alpha value is -2.32. The second kappa shape index (κ2) is 12.2. The van der Waals surface area contributed by atoms with Crippen molar-refractivity contribution in [3.63, 3.8) is 0 Å². The molecule has 3 fully saturated rings. The van der Waals surface area contributed by atoms with Gasteiger partial charge in [-0.1, -0.05) is 19.3 Å². The molecule has 3 aliphatic rings. The van der Waals surface area contributed by atoms with Crippen LogP contribution in [-0.2, 0) is 4.74 Å². The van der Waals surface area contributed by atoms with E-state index in [9.17, 15) is 9.59 Å². The average molecular weight is 458 g/mol. The minimum Gasteiger partial charge on any atom is -0.379 e. The summed E-state index contributed by atoms with van der Waals surface area (Å²) in [5, 5.41) is 9.13. The SMILES string of the molecule is O=C(Nc1ccc(N2CCCC2)c(C(=O)NCCCN2CCOCC2)c1)NC1CCCCC1. The Morgan fingerprint density at radius 3 is 2.48 bits per heavy atom. The number of anilines is 2. The predicted molar refractivity (Wildman–Crippen MR) is 131 cm³/mol. The van der Waals surface area contributed by atoms with Gasteiger partial charge in [0.05, 0.1) is 18.8 Å². The molecule has 2 aliphatic heterocycles. The molecule has 1 aromatic rings. The number of ether oxygens (including phenoxy) is 1. The fraction of sp³-hybridized carbons (Fsp3) is 0.680. The number of amides is 3. The first-order chi connectivity index (χ1) is 16.2. The smallest absolute Gasteiger partial charge is 0.319 e. The number of nitrogens with zero attached hydrogens (tertiary/aromatic N) is 2. The third kappa shape index (κ3) is 7.08. The van der Waals surface area contributed by atoms with Crippen LogP contribution in [0.5, 0.6) is 0 Å². The Morgan fingerprint density at radius 1 is 0.970 bits per heavy atom.